The summed E-state index contributed by atoms with van der Waals surface area (Å²) in [5.74, 6) is 1.59. The topological polar surface area (TPSA) is 42.5 Å². The van der Waals surface area contributed by atoms with Crippen LogP contribution in [0.25, 0.3) is 0 Å². The van der Waals surface area contributed by atoms with Crippen LogP contribution >= 0.6 is 28.1 Å². The van der Waals surface area contributed by atoms with E-state index < -0.39 is 0 Å². The average Bonchev–Trinajstić information content (AvgIpc) is 2.54. The minimum absolute atomic E-state index is 0.0582. The van der Waals surface area contributed by atoms with Crippen LogP contribution in [0.3, 0.4) is 0 Å². The number of rotatable bonds is 5. The third kappa shape index (κ3) is 4.84. The second kappa shape index (κ2) is 8.17. The minimum Gasteiger partial charge on any atom is -0.497 e. The second-order valence-electron chi connectivity index (χ2n) is 4.95. The zero-order chi connectivity index (χ0) is 16.8. The zero-order valence-electron chi connectivity index (χ0n) is 13.2. The van der Waals surface area contributed by atoms with E-state index in [2.05, 4.69) is 26.6 Å². The van der Waals surface area contributed by atoms with E-state index in [0.29, 0.717) is 5.11 Å². The summed E-state index contributed by atoms with van der Waals surface area (Å²) in [4.78, 5) is 0. The van der Waals surface area contributed by atoms with Crippen molar-refractivity contribution in [2.24, 2.45) is 0 Å². The largest absolute Gasteiger partial charge is 0.497 e. The van der Waals surface area contributed by atoms with Crippen LogP contribution in [-0.2, 0) is 0 Å². The molecular formula is C17H19BrN2O2S. The summed E-state index contributed by atoms with van der Waals surface area (Å²) in [5.41, 5.74) is 1.98. The molecule has 0 aliphatic heterocycles. The lowest BCUT2D eigenvalue weighted by molar-refractivity contribution is 0.412. The van der Waals surface area contributed by atoms with E-state index >= 15 is 0 Å². The fourth-order valence-electron chi connectivity index (χ4n) is 2.10. The summed E-state index contributed by atoms with van der Waals surface area (Å²) in [7, 11) is 3.29. The lowest BCUT2D eigenvalue weighted by Crippen LogP contribution is -2.30. The van der Waals surface area contributed by atoms with Crippen molar-refractivity contribution in [2.75, 3.05) is 19.5 Å². The average molecular weight is 395 g/mol. The maximum atomic E-state index is 5.37. The molecule has 0 aliphatic rings. The number of ether oxygens (including phenoxy) is 2. The van der Waals surface area contributed by atoms with Crippen LogP contribution in [0, 0.1) is 0 Å². The van der Waals surface area contributed by atoms with Gasteiger partial charge in [0.1, 0.15) is 11.5 Å². The Bertz CT molecular complexity index is 694. The Morgan fingerprint density at radius 3 is 2.57 bits per heavy atom. The van der Waals surface area contributed by atoms with Crippen LogP contribution in [-0.4, -0.2) is 19.3 Å². The van der Waals surface area contributed by atoms with Crippen LogP contribution in [0.15, 0.2) is 46.9 Å². The molecule has 0 heterocycles. The lowest BCUT2D eigenvalue weighted by atomic mass is 10.1. The molecule has 0 saturated carbocycles. The molecule has 6 heteroatoms. The number of anilines is 1. The Hall–Kier alpha value is -1.79. The highest BCUT2D eigenvalue weighted by Crippen LogP contribution is 2.28. The highest BCUT2D eigenvalue weighted by molar-refractivity contribution is 9.10. The number of thiocarbonyl (C=S) groups is 1. The predicted octanol–water partition coefficient (Wildman–Crippen LogP) is 4.51. The van der Waals surface area contributed by atoms with Crippen LogP contribution in [0.1, 0.15) is 18.5 Å². The fourth-order valence-corrected chi connectivity index (χ4v) is 2.95. The number of hydrogen-bond donors (Lipinski definition) is 2. The molecule has 0 fully saturated rings. The first kappa shape index (κ1) is 17.6. The molecule has 0 bridgehead atoms. The van der Waals surface area contributed by atoms with Gasteiger partial charge in [-0.15, -0.1) is 0 Å². The fraction of sp³-hybridized carbons (Fsp3) is 0.235. The van der Waals surface area contributed by atoms with Gasteiger partial charge in [-0.25, -0.2) is 0 Å². The molecule has 0 aromatic heterocycles. The van der Waals surface area contributed by atoms with Crippen molar-refractivity contribution in [1.82, 2.24) is 5.32 Å². The third-order valence-electron chi connectivity index (χ3n) is 3.35. The summed E-state index contributed by atoms with van der Waals surface area (Å²) in [6.07, 6.45) is 0. The summed E-state index contributed by atoms with van der Waals surface area (Å²) in [6, 6.07) is 13.6. The lowest BCUT2D eigenvalue weighted by Gasteiger charge is -2.18. The van der Waals surface area contributed by atoms with Gasteiger partial charge in [-0.3, -0.25) is 0 Å². The molecule has 122 valence electrons. The Balaban J connectivity index is 2.00. The Morgan fingerprint density at radius 2 is 1.91 bits per heavy atom. The van der Waals surface area contributed by atoms with Gasteiger partial charge in [-0.2, -0.15) is 0 Å². The molecule has 4 nitrogen and oxygen atoms in total. The van der Waals surface area contributed by atoms with Gasteiger partial charge in [-0.1, -0.05) is 12.1 Å². The molecule has 1 atom stereocenters. The maximum absolute atomic E-state index is 5.37. The Morgan fingerprint density at radius 1 is 1.13 bits per heavy atom. The molecule has 2 N–H and O–H groups in total. The van der Waals surface area contributed by atoms with Gasteiger partial charge in [0, 0.05) is 11.8 Å². The molecule has 0 unspecified atom stereocenters. The van der Waals surface area contributed by atoms with E-state index in [-0.39, 0.29) is 6.04 Å². The van der Waals surface area contributed by atoms with Crippen LogP contribution in [0.5, 0.6) is 11.5 Å². The summed E-state index contributed by atoms with van der Waals surface area (Å²) >= 11 is 8.87. The van der Waals surface area contributed by atoms with Crippen molar-refractivity contribution in [3.8, 4) is 11.5 Å². The van der Waals surface area contributed by atoms with Crippen LogP contribution in [0.4, 0.5) is 5.69 Å². The van der Waals surface area contributed by atoms with Gasteiger partial charge in [0.25, 0.3) is 0 Å². The molecule has 0 saturated heterocycles. The molecule has 23 heavy (non-hydrogen) atoms. The number of hydrogen-bond acceptors (Lipinski definition) is 3. The highest BCUT2D eigenvalue weighted by Gasteiger charge is 2.10. The van der Waals surface area contributed by atoms with Gasteiger partial charge in [0.15, 0.2) is 5.11 Å². The van der Waals surface area contributed by atoms with E-state index in [1.165, 1.54) is 0 Å². The van der Waals surface area contributed by atoms with E-state index in [1.54, 1.807) is 14.2 Å². The number of halogens is 1. The maximum Gasteiger partial charge on any atom is 0.171 e. The van der Waals surface area contributed by atoms with Crippen molar-refractivity contribution >= 4 is 38.9 Å². The number of benzene rings is 2. The molecule has 0 spiro atoms. The normalized spacial score (nSPS) is 11.5. The number of methoxy groups -OCH3 is 2. The summed E-state index contributed by atoms with van der Waals surface area (Å²) < 4.78 is 11.4. The molecule has 2 rings (SSSR count). The van der Waals surface area contributed by atoms with Gasteiger partial charge in [-0.05, 0) is 64.9 Å². The van der Waals surface area contributed by atoms with Gasteiger partial charge in [0.05, 0.1) is 24.7 Å². The molecule has 2 aromatic carbocycles. The second-order valence-corrected chi connectivity index (χ2v) is 6.21. The van der Waals surface area contributed by atoms with E-state index in [1.807, 2.05) is 49.4 Å². The Labute approximate surface area is 150 Å². The smallest absolute Gasteiger partial charge is 0.171 e. The first-order valence-corrected chi connectivity index (χ1v) is 8.28. The van der Waals surface area contributed by atoms with Crippen molar-refractivity contribution < 1.29 is 9.47 Å². The quantitative estimate of drug-likeness (QED) is 0.729. The monoisotopic (exact) mass is 394 g/mol. The molecule has 2 aromatic rings. The standard InChI is InChI=1S/C17H19BrN2O2S/c1-11(12-7-8-16(22-3)15(18)9-12)19-17(23)20-13-5-4-6-14(10-13)21-2/h4-11H,1-3H3,(H2,19,20,23)/t11-/m0/s1. The Kier molecular flexibility index (Phi) is 6.24. The zero-order valence-corrected chi connectivity index (χ0v) is 15.6. The van der Waals surface area contributed by atoms with Crippen molar-refractivity contribution in [3.05, 3.63) is 52.5 Å². The van der Waals surface area contributed by atoms with Crippen LogP contribution < -0.4 is 20.1 Å². The van der Waals surface area contributed by atoms with Gasteiger partial charge >= 0.3 is 0 Å². The molecule has 0 aliphatic carbocycles. The van der Waals surface area contributed by atoms with E-state index in [0.717, 1.165) is 27.2 Å². The minimum atomic E-state index is 0.0582. The summed E-state index contributed by atoms with van der Waals surface area (Å²) in [6.45, 7) is 2.05. The highest BCUT2D eigenvalue weighted by atomic mass is 79.9. The van der Waals surface area contributed by atoms with Crippen molar-refractivity contribution in [3.63, 3.8) is 0 Å². The van der Waals surface area contributed by atoms with Gasteiger partial charge < -0.3 is 20.1 Å². The molecule has 0 radical (unpaired) electrons. The SMILES string of the molecule is COc1cccc(NC(=S)N[C@@H](C)c2ccc(OC)c(Br)c2)c1. The van der Waals surface area contributed by atoms with Crippen LogP contribution in [0.2, 0.25) is 0 Å². The molecular weight excluding hydrogens is 376 g/mol. The van der Waals surface area contributed by atoms with Gasteiger partial charge in [0.2, 0.25) is 0 Å². The number of nitrogens with one attached hydrogen (secondary N) is 2. The van der Waals surface area contributed by atoms with Crippen molar-refractivity contribution in [1.29, 1.82) is 0 Å². The first-order chi connectivity index (χ1) is 11.0. The third-order valence-corrected chi connectivity index (χ3v) is 4.19. The molecule has 0 amide bonds. The van der Waals surface area contributed by atoms with Crippen molar-refractivity contribution in [2.45, 2.75) is 13.0 Å². The summed E-state index contributed by atoms with van der Waals surface area (Å²) in [5, 5.41) is 6.98. The van der Waals surface area contributed by atoms with E-state index in [4.69, 9.17) is 21.7 Å². The van der Waals surface area contributed by atoms with E-state index in [9.17, 15) is 0 Å². The first-order valence-electron chi connectivity index (χ1n) is 7.08. The predicted molar refractivity (Wildman–Crippen MR) is 101 cm³/mol.